The lowest BCUT2D eigenvalue weighted by molar-refractivity contribution is 1.06. The van der Waals surface area contributed by atoms with E-state index in [1.54, 1.807) is 6.07 Å². The Kier molecular flexibility index (Phi) is 3.36. The van der Waals surface area contributed by atoms with Gasteiger partial charge in [0.15, 0.2) is 0 Å². The normalized spacial score (nSPS) is 9.00. The van der Waals surface area contributed by atoms with Crippen molar-refractivity contribution in [3.05, 3.63) is 17.5 Å². The van der Waals surface area contributed by atoms with Crippen molar-refractivity contribution >= 4 is 17.4 Å². The largest absolute Gasteiger partial charge is 0.369 e. The molecular weight excluding hydrogens is 174 g/mol. The number of hydrogen-bond acceptors (Lipinski definition) is 3. The molecule has 0 aliphatic carbocycles. The summed E-state index contributed by atoms with van der Waals surface area (Å²) in [6.07, 6.45) is 7.15. The van der Waals surface area contributed by atoms with Crippen LogP contribution in [0.4, 0.5) is 5.82 Å². The quantitative estimate of drug-likeness (QED) is 0.437. The second-order valence-corrected chi connectivity index (χ2v) is 2.49. The van der Waals surface area contributed by atoms with Gasteiger partial charge in [-0.3, -0.25) is 0 Å². The van der Waals surface area contributed by atoms with Crippen LogP contribution in [0.25, 0.3) is 0 Å². The fourth-order valence-electron chi connectivity index (χ4n) is 0.693. The number of anilines is 1. The minimum Gasteiger partial charge on any atom is -0.369 e. The predicted molar refractivity (Wildman–Crippen MR) is 49.0 cm³/mol. The maximum Gasteiger partial charge on any atom is 0.134 e. The summed E-state index contributed by atoms with van der Waals surface area (Å²) in [6.45, 7) is 0.698. The van der Waals surface area contributed by atoms with Crippen molar-refractivity contribution in [2.24, 2.45) is 0 Å². The molecule has 0 aliphatic rings. The number of hydrogen-bond donors (Lipinski definition) is 1. The van der Waals surface area contributed by atoms with Crippen LogP contribution in [0.2, 0.25) is 5.15 Å². The SMILES string of the molecule is C#CCCNc1cc(Cl)ncn1. The van der Waals surface area contributed by atoms with E-state index in [0.29, 0.717) is 23.9 Å². The molecule has 0 amide bonds. The standard InChI is InChI=1S/C8H8ClN3/c1-2-3-4-10-8-5-7(9)11-6-12-8/h1,5-6H,3-4H2,(H,10,11,12). The smallest absolute Gasteiger partial charge is 0.134 e. The minimum atomic E-state index is 0.424. The van der Waals surface area contributed by atoms with Crippen LogP contribution >= 0.6 is 11.6 Å². The van der Waals surface area contributed by atoms with Gasteiger partial charge in [-0.25, -0.2) is 9.97 Å². The molecule has 0 aromatic carbocycles. The van der Waals surface area contributed by atoms with Gasteiger partial charge in [-0.15, -0.1) is 12.3 Å². The molecule has 3 nitrogen and oxygen atoms in total. The molecule has 1 aromatic rings. The third kappa shape index (κ3) is 2.77. The van der Waals surface area contributed by atoms with Crippen LogP contribution in [-0.2, 0) is 0 Å². The Balaban J connectivity index is 2.48. The molecule has 0 saturated heterocycles. The van der Waals surface area contributed by atoms with Gasteiger partial charge in [0.1, 0.15) is 17.3 Å². The number of terminal acetylenes is 1. The van der Waals surface area contributed by atoms with Gasteiger partial charge in [0.25, 0.3) is 0 Å². The van der Waals surface area contributed by atoms with Crippen LogP contribution in [0.5, 0.6) is 0 Å². The van der Waals surface area contributed by atoms with Gasteiger partial charge in [-0.1, -0.05) is 11.6 Å². The van der Waals surface area contributed by atoms with Crippen molar-refractivity contribution in [3.63, 3.8) is 0 Å². The number of rotatable bonds is 3. The third-order valence-corrected chi connectivity index (χ3v) is 1.42. The Labute approximate surface area is 76.2 Å². The van der Waals surface area contributed by atoms with Crippen molar-refractivity contribution in [1.82, 2.24) is 9.97 Å². The van der Waals surface area contributed by atoms with E-state index in [-0.39, 0.29) is 0 Å². The summed E-state index contributed by atoms with van der Waals surface area (Å²) in [5.74, 6) is 3.21. The molecular formula is C8H8ClN3. The summed E-state index contributed by atoms with van der Waals surface area (Å²) < 4.78 is 0. The van der Waals surface area contributed by atoms with Crippen molar-refractivity contribution in [3.8, 4) is 12.3 Å². The zero-order valence-electron chi connectivity index (χ0n) is 6.42. The highest BCUT2D eigenvalue weighted by Crippen LogP contribution is 2.07. The Morgan fingerprint density at radius 1 is 1.58 bits per heavy atom. The molecule has 0 fully saturated rings. The average molecular weight is 182 g/mol. The summed E-state index contributed by atoms with van der Waals surface area (Å²) in [6, 6.07) is 1.65. The number of aromatic nitrogens is 2. The van der Waals surface area contributed by atoms with Crippen LogP contribution in [0.1, 0.15) is 6.42 Å². The van der Waals surface area contributed by atoms with Gasteiger partial charge in [0.05, 0.1) is 0 Å². The van der Waals surface area contributed by atoms with Crippen LogP contribution < -0.4 is 5.32 Å². The van der Waals surface area contributed by atoms with E-state index in [1.807, 2.05) is 0 Å². The predicted octanol–water partition coefficient (Wildman–Crippen LogP) is 1.57. The third-order valence-electron chi connectivity index (χ3n) is 1.21. The highest BCUT2D eigenvalue weighted by molar-refractivity contribution is 6.29. The second kappa shape index (κ2) is 4.58. The van der Waals surface area contributed by atoms with E-state index in [4.69, 9.17) is 18.0 Å². The first-order chi connectivity index (χ1) is 5.83. The summed E-state index contributed by atoms with van der Waals surface area (Å²) in [7, 11) is 0. The Morgan fingerprint density at radius 3 is 3.08 bits per heavy atom. The lowest BCUT2D eigenvalue weighted by atomic mass is 10.4. The van der Waals surface area contributed by atoms with Gasteiger partial charge in [-0.05, 0) is 0 Å². The molecule has 0 spiro atoms. The molecule has 0 bridgehead atoms. The fourth-order valence-corrected chi connectivity index (χ4v) is 0.840. The second-order valence-electron chi connectivity index (χ2n) is 2.11. The Bertz CT molecular complexity index is 293. The molecule has 0 radical (unpaired) electrons. The lowest BCUT2D eigenvalue weighted by Crippen LogP contribution is -2.02. The molecule has 1 aromatic heterocycles. The molecule has 0 atom stereocenters. The van der Waals surface area contributed by atoms with E-state index in [9.17, 15) is 0 Å². The van der Waals surface area contributed by atoms with Crippen LogP contribution in [0, 0.1) is 12.3 Å². The summed E-state index contributed by atoms with van der Waals surface area (Å²) >= 11 is 5.63. The monoisotopic (exact) mass is 181 g/mol. The van der Waals surface area contributed by atoms with Crippen molar-refractivity contribution < 1.29 is 0 Å². The highest BCUT2D eigenvalue weighted by atomic mass is 35.5. The topological polar surface area (TPSA) is 37.8 Å². The molecule has 0 aliphatic heterocycles. The molecule has 1 N–H and O–H groups in total. The first-order valence-corrected chi connectivity index (χ1v) is 3.85. The maximum absolute atomic E-state index is 5.63. The van der Waals surface area contributed by atoms with E-state index in [0.717, 1.165) is 0 Å². The molecule has 12 heavy (non-hydrogen) atoms. The first kappa shape index (κ1) is 8.82. The first-order valence-electron chi connectivity index (χ1n) is 3.48. The fraction of sp³-hybridized carbons (Fsp3) is 0.250. The van der Waals surface area contributed by atoms with Gasteiger partial charge in [0.2, 0.25) is 0 Å². The average Bonchev–Trinajstić information content (AvgIpc) is 2.05. The molecule has 0 saturated carbocycles. The highest BCUT2D eigenvalue weighted by Gasteiger charge is 1.93. The van der Waals surface area contributed by atoms with Crippen molar-refractivity contribution in [2.45, 2.75) is 6.42 Å². The summed E-state index contributed by atoms with van der Waals surface area (Å²) in [4.78, 5) is 7.68. The van der Waals surface area contributed by atoms with E-state index < -0.39 is 0 Å². The van der Waals surface area contributed by atoms with Crippen LogP contribution in [0.15, 0.2) is 12.4 Å². The van der Waals surface area contributed by atoms with Crippen LogP contribution in [0.3, 0.4) is 0 Å². The molecule has 62 valence electrons. The minimum absolute atomic E-state index is 0.424. The van der Waals surface area contributed by atoms with E-state index >= 15 is 0 Å². The van der Waals surface area contributed by atoms with Crippen LogP contribution in [-0.4, -0.2) is 16.5 Å². The zero-order valence-corrected chi connectivity index (χ0v) is 7.17. The van der Waals surface area contributed by atoms with Gasteiger partial charge in [0, 0.05) is 19.0 Å². The Hall–Kier alpha value is -1.27. The number of halogens is 1. The van der Waals surface area contributed by atoms with Gasteiger partial charge >= 0.3 is 0 Å². The van der Waals surface area contributed by atoms with Crippen molar-refractivity contribution in [2.75, 3.05) is 11.9 Å². The molecule has 1 rings (SSSR count). The molecule has 0 unspecified atom stereocenters. The van der Waals surface area contributed by atoms with E-state index in [1.165, 1.54) is 6.33 Å². The summed E-state index contributed by atoms with van der Waals surface area (Å²) in [5.41, 5.74) is 0. The van der Waals surface area contributed by atoms with Gasteiger partial charge in [-0.2, -0.15) is 0 Å². The molecule has 4 heteroatoms. The van der Waals surface area contributed by atoms with Gasteiger partial charge < -0.3 is 5.32 Å². The maximum atomic E-state index is 5.63. The molecule has 1 heterocycles. The number of nitrogens with zero attached hydrogens (tertiary/aromatic N) is 2. The summed E-state index contributed by atoms with van der Waals surface area (Å²) in [5, 5.41) is 3.43. The van der Waals surface area contributed by atoms with E-state index in [2.05, 4.69) is 21.2 Å². The Morgan fingerprint density at radius 2 is 2.42 bits per heavy atom. The number of nitrogens with one attached hydrogen (secondary N) is 1. The lowest BCUT2D eigenvalue weighted by Gasteiger charge is -2.01. The zero-order chi connectivity index (χ0) is 8.81. The van der Waals surface area contributed by atoms with Crippen molar-refractivity contribution in [1.29, 1.82) is 0 Å².